The summed E-state index contributed by atoms with van der Waals surface area (Å²) in [6, 6.07) is 51.3. The van der Waals surface area contributed by atoms with Gasteiger partial charge in [-0.3, -0.25) is 25.1 Å². The van der Waals surface area contributed by atoms with E-state index in [1.807, 2.05) is 61.2 Å². The van der Waals surface area contributed by atoms with Crippen LogP contribution in [0.25, 0.3) is 89.4 Å². The number of aromatic amines is 2. The monoisotopic (exact) mass is 1470 g/mol. The van der Waals surface area contributed by atoms with E-state index >= 15 is 0 Å². The molecule has 0 spiro atoms. The minimum absolute atomic E-state index is 0. The molecule has 97 heavy (non-hydrogen) atoms. The van der Waals surface area contributed by atoms with E-state index in [4.69, 9.17) is 9.97 Å². The fraction of sp³-hybridized carbons (Fsp3) is 0.381. The molecule has 0 atom stereocenters. The van der Waals surface area contributed by atoms with Gasteiger partial charge in [0.05, 0.1) is 22.8 Å². The summed E-state index contributed by atoms with van der Waals surface area (Å²) in [4.78, 5) is 18.1. The van der Waals surface area contributed by atoms with Gasteiger partial charge in [0.1, 0.15) is 11.4 Å². The smallest absolute Gasteiger partial charge is 0.573 e. The summed E-state index contributed by atoms with van der Waals surface area (Å²) in [6.45, 7) is 53.2. The molecule has 0 saturated heterocycles. The van der Waals surface area contributed by atoms with Gasteiger partial charge < -0.3 is 20.4 Å². The van der Waals surface area contributed by atoms with Crippen LogP contribution in [0.4, 0.5) is 0 Å². The van der Waals surface area contributed by atoms with Crippen molar-refractivity contribution in [1.29, 1.82) is 0 Å². The third-order valence-electron chi connectivity index (χ3n) is 17.2. The van der Waals surface area contributed by atoms with Gasteiger partial charge in [0.25, 0.3) is 0 Å². The summed E-state index contributed by atoms with van der Waals surface area (Å²) in [5.41, 5.74) is 20.2. The van der Waals surface area contributed by atoms with E-state index < -0.39 is 0 Å². The number of rotatable bonds is 6. The van der Waals surface area contributed by atoms with Gasteiger partial charge in [0, 0.05) is 69.2 Å². The molecule has 0 aliphatic carbocycles. The molecule has 0 unspecified atom stereocenters. The third-order valence-corrected chi connectivity index (χ3v) is 17.2. The van der Waals surface area contributed by atoms with Gasteiger partial charge in [-0.1, -0.05) is 275 Å². The maximum atomic E-state index is 5.07. The first-order valence-corrected chi connectivity index (χ1v) is 33.7. The third kappa shape index (κ3) is 19.0. The Kier molecular flexibility index (Phi) is 21.9. The Balaban J connectivity index is 0.000000190. The van der Waals surface area contributed by atoms with E-state index in [-0.39, 0.29) is 64.4 Å². The Morgan fingerprint density at radius 2 is 0.588 bits per heavy atom. The topological polar surface area (TPSA) is 163 Å². The minimum Gasteiger partial charge on any atom is -0.573 e. The Labute approximate surface area is 592 Å². The summed E-state index contributed by atoms with van der Waals surface area (Å²) in [7, 11) is 0. The molecule has 0 bridgehead atoms. The van der Waals surface area contributed by atoms with Crippen molar-refractivity contribution < 1.29 is 21.1 Å². The summed E-state index contributed by atoms with van der Waals surface area (Å²) in [5.74, 6) is 0. The maximum Gasteiger partial charge on any atom is 2.00 e. The van der Waals surface area contributed by atoms with Crippen LogP contribution in [0.2, 0.25) is 0 Å². The summed E-state index contributed by atoms with van der Waals surface area (Å²) >= 11 is 0. The van der Waals surface area contributed by atoms with Crippen molar-refractivity contribution in [3.05, 3.63) is 215 Å². The van der Waals surface area contributed by atoms with Gasteiger partial charge >= 0.3 is 21.1 Å². The molecule has 0 aliphatic heterocycles. The van der Waals surface area contributed by atoms with Crippen LogP contribution in [-0.2, 0) is 64.4 Å². The normalized spacial score (nSPS) is 12.5. The largest absolute Gasteiger partial charge is 2.00 e. The number of benzene rings is 4. The molecule has 0 saturated carbocycles. The molecule has 508 valence electrons. The second-order valence-electron chi connectivity index (χ2n) is 33.9. The van der Waals surface area contributed by atoms with E-state index in [0.717, 1.165) is 79.5 Å². The van der Waals surface area contributed by atoms with Crippen molar-refractivity contribution in [1.82, 2.24) is 60.7 Å². The molecule has 0 aliphatic rings. The van der Waals surface area contributed by atoms with Crippen LogP contribution in [0.1, 0.15) is 211 Å². The van der Waals surface area contributed by atoms with Crippen molar-refractivity contribution >= 4 is 21.5 Å². The molecule has 12 rings (SSSR count). The van der Waals surface area contributed by atoms with Gasteiger partial charge in [-0.25, -0.2) is 4.98 Å². The van der Waals surface area contributed by atoms with Crippen LogP contribution in [0.5, 0.6) is 0 Å². The fourth-order valence-corrected chi connectivity index (χ4v) is 10.5. The van der Waals surface area contributed by atoms with Crippen molar-refractivity contribution in [2.24, 2.45) is 0 Å². The van der Waals surface area contributed by atoms with Crippen LogP contribution in [0.15, 0.2) is 170 Å². The zero-order valence-corrected chi connectivity index (χ0v) is 64.2. The molecular weight excluding hydrogens is 1370 g/mol. The van der Waals surface area contributed by atoms with E-state index in [2.05, 4.69) is 326 Å². The molecule has 0 fully saturated rings. The Bertz CT molecular complexity index is 4000. The molecule has 13 heteroatoms. The van der Waals surface area contributed by atoms with Crippen molar-refractivity contribution in [2.75, 3.05) is 0 Å². The second kappa shape index (κ2) is 28.5. The first kappa shape index (κ1) is 74.3. The Morgan fingerprint density at radius 1 is 0.289 bits per heavy atom. The molecule has 4 aromatic carbocycles. The first-order chi connectivity index (χ1) is 44.6. The molecule has 0 amide bonds. The van der Waals surface area contributed by atoms with Gasteiger partial charge in [-0.05, 0) is 136 Å². The van der Waals surface area contributed by atoms with Crippen LogP contribution in [0.3, 0.4) is 0 Å². The van der Waals surface area contributed by atoms with E-state index in [0.29, 0.717) is 0 Å². The van der Waals surface area contributed by atoms with Crippen LogP contribution >= 0.6 is 0 Å². The van der Waals surface area contributed by atoms with Gasteiger partial charge in [0.15, 0.2) is 0 Å². The van der Waals surface area contributed by atoms with E-state index in [1.165, 1.54) is 54.9 Å². The number of hydrogen-bond donors (Lipinski definition) is 2. The van der Waals surface area contributed by atoms with E-state index in [1.54, 1.807) is 0 Å². The molecule has 12 nitrogen and oxygen atoms in total. The first-order valence-electron chi connectivity index (χ1n) is 33.7. The molecule has 8 heterocycles. The predicted molar refractivity (Wildman–Crippen MR) is 401 cm³/mol. The van der Waals surface area contributed by atoms with Gasteiger partial charge in [-0.2, -0.15) is 10.2 Å². The Morgan fingerprint density at radius 3 is 0.866 bits per heavy atom. The zero-order chi connectivity index (χ0) is 70.1. The van der Waals surface area contributed by atoms with Crippen molar-refractivity contribution in [3.8, 4) is 67.8 Å². The Hall–Kier alpha value is -8.47. The SMILES string of the molecule is CC(C)(C)c1cc(-c2cc(-c3cc(C(C)(C)C)[nH]n3)nc(-c3cc(C(C)(C)C)[nH]n3)c2)cc(C(C)(C)C)c1.CC(C)(C)c1cc(-c2cc(-c3cc(C(C)(C)C)n[n-]3)nc(-c3cc(C(C)(C)C)n[n-]3)c2)cc(C(C)(C)C)c1.[Pt+2].c1ccc2cnccc2c1.c1ccc2cnccc2c1. The number of H-pyrrole nitrogens is 2. The summed E-state index contributed by atoms with van der Waals surface area (Å²) < 4.78 is 0. The molecule has 8 aromatic heterocycles. The molecule has 12 aromatic rings. The fourth-order valence-electron chi connectivity index (χ4n) is 10.5. The zero-order valence-electron chi connectivity index (χ0n) is 62.0. The number of aromatic nitrogens is 12. The quantitative estimate of drug-likeness (QED) is 0.164. The average molecular weight is 1470 g/mol. The van der Waals surface area contributed by atoms with Crippen LogP contribution in [-0.4, -0.2) is 50.5 Å². The number of nitrogens with one attached hydrogen (secondary N) is 2. The van der Waals surface area contributed by atoms with E-state index in [9.17, 15) is 0 Å². The van der Waals surface area contributed by atoms with Crippen molar-refractivity contribution in [3.63, 3.8) is 0 Å². The molecule has 0 radical (unpaired) electrons. The number of hydrogen-bond acceptors (Lipinski definition) is 8. The number of nitrogens with zero attached hydrogens (tertiary/aromatic N) is 10. The minimum atomic E-state index is -0.0902. The van der Waals surface area contributed by atoms with Gasteiger partial charge in [-0.15, -0.1) is 0 Å². The van der Waals surface area contributed by atoms with Gasteiger partial charge in [0.2, 0.25) is 0 Å². The number of fused-ring (bicyclic) bond motifs is 2. The van der Waals surface area contributed by atoms with Crippen molar-refractivity contribution in [2.45, 2.75) is 209 Å². The summed E-state index contributed by atoms with van der Waals surface area (Å²) in [6.07, 6.45) is 7.36. The van der Waals surface area contributed by atoms with Crippen LogP contribution < -0.4 is 10.2 Å². The maximum absolute atomic E-state index is 5.07. The number of pyridine rings is 4. The summed E-state index contributed by atoms with van der Waals surface area (Å²) in [5, 5.41) is 38.7. The molecule has 2 N–H and O–H groups in total. The second-order valence-corrected chi connectivity index (χ2v) is 33.9. The average Bonchev–Trinajstić information content (AvgIpc) is 1.73. The standard InChI is InChI=1S/C33H45N5.C33H43N5.2C9H7N.Pt/c2*1-30(2,3)22-13-20(14-23(17-22)31(4,5)6)21-15-24(26-18-28(37-35-26)32(7,8)9)34-25(16-21)27-19-29(38-36-27)33(10,11)12;2*1-2-4-9-7-10-6-5-8(9)3-1;/h13-19H,1-12H3,(H,35,37)(H,36,38);13-19H,1-12H3;2*1-7H;/q;-2;;;+2. The molecular formula is C84H102N12Pt. The van der Waals surface area contributed by atoms with Crippen LogP contribution in [0, 0.1) is 0 Å². The predicted octanol–water partition coefficient (Wildman–Crippen LogP) is 21.2.